The number of carbonyl (C=O) groups is 1. The van der Waals surface area contributed by atoms with Gasteiger partial charge in [0.25, 0.3) is 0 Å². The van der Waals surface area contributed by atoms with E-state index in [9.17, 15) is 4.79 Å². The number of hydrogen-bond donors (Lipinski definition) is 1. The van der Waals surface area contributed by atoms with Crippen LogP contribution in [-0.4, -0.2) is 31.2 Å². The quantitative estimate of drug-likeness (QED) is 0.466. The minimum atomic E-state index is -0.0106. The highest BCUT2D eigenvalue weighted by Gasteiger charge is 2.30. The number of hydrazone groups is 1. The molecule has 1 aliphatic rings. The number of nitrogens with zero attached hydrogens (tertiary/aromatic N) is 5. The van der Waals surface area contributed by atoms with Crippen molar-refractivity contribution >= 4 is 23.2 Å². The van der Waals surface area contributed by atoms with E-state index in [1.807, 2.05) is 51.1 Å². The summed E-state index contributed by atoms with van der Waals surface area (Å²) in [6.07, 6.45) is 5.38. The van der Waals surface area contributed by atoms with Gasteiger partial charge < -0.3 is 0 Å². The summed E-state index contributed by atoms with van der Waals surface area (Å²) < 4.78 is 1.66. The molecule has 7 heteroatoms. The second-order valence-corrected chi connectivity index (χ2v) is 6.84. The monoisotopic (exact) mass is 404 g/mol. The number of anilines is 1. The largest absolute Gasteiger partial charge is 0.293 e. The van der Waals surface area contributed by atoms with Crippen molar-refractivity contribution in [3.05, 3.63) is 72.6 Å². The zero-order chi connectivity index (χ0) is 21.5. The van der Waals surface area contributed by atoms with Gasteiger partial charge in [0.1, 0.15) is 0 Å². The third kappa shape index (κ3) is 5.11. The lowest BCUT2D eigenvalue weighted by Gasteiger charge is -2.15. The molecule has 1 aliphatic carbocycles. The standard InChI is InChI=1S/C21H22N6O.C2H6/c1-3-26(14-16-8-5-4-6-9-16)24-15(2)18-10-7-13-27-19(18)22-21(25-27)23-20(28)17-11-12-17;1-2/h3-10,13,17H,1,11-12,14H2,2H3,(H,23,25,28);1-2H3/b24-15+;. The Morgan fingerprint density at radius 2 is 2.00 bits per heavy atom. The second-order valence-electron chi connectivity index (χ2n) is 6.84. The summed E-state index contributed by atoms with van der Waals surface area (Å²) in [4.78, 5) is 16.5. The van der Waals surface area contributed by atoms with E-state index in [-0.39, 0.29) is 11.8 Å². The van der Waals surface area contributed by atoms with Gasteiger partial charge >= 0.3 is 0 Å². The summed E-state index contributed by atoms with van der Waals surface area (Å²) in [6, 6.07) is 13.9. The van der Waals surface area contributed by atoms with E-state index in [1.165, 1.54) is 0 Å². The number of fused-ring (bicyclic) bond motifs is 1. The summed E-state index contributed by atoms with van der Waals surface area (Å²) in [5, 5.41) is 13.6. The van der Waals surface area contributed by atoms with Gasteiger partial charge in [0.15, 0.2) is 5.65 Å². The number of carbonyl (C=O) groups excluding carboxylic acids is 1. The van der Waals surface area contributed by atoms with E-state index in [4.69, 9.17) is 0 Å². The van der Waals surface area contributed by atoms with E-state index in [0.29, 0.717) is 18.1 Å². The van der Waals surface area contributed by atoms with Gasteiger partial charge in [-0.2, -0.15) is 10.1 Å². The van der Waals surface area contributed by atoms with Crippen molar-refractivity contribution in [2.75, 3.05) is 5.32 Å². The van der Waals surface area contributed by atoms with E-state index in [0.717, 1.165) is 29.7 Å². The molecule has 1 amide bonds. The molecule has 0 aliphatic heterocycles. The smallest absolute Gasteiger partial charge is 0.249 e. The number of benzene rings is 1. The summed E-state index contributed by atoms with van der Waals surface area (Å²) in [6.45, 7) is 10.4. The first-order valence-electron chi connectivity index (χ1n) is 10.3. The van der Waals surface area contributed by atoms with Gasteiger partial charge in [-0.05, 0) is 37.5 Å². The van der Waals surface area contributed by atoms with Crippen LogP contribution in [0.2, 0.25) is 0 Å². The zero-order valence-corrected chi connectivity index (χ0v) is 17.7. The SMILES string of the molecule is C=CN(Cc1ccccc1)/N=C(\C)c1cccn2nc(NC(=O)C3CC3)nc12.CC. The number of aromatic nitrogens is 3. The van der Waals surface area contributed by atoms with Gasteiger partial charge in [0.2, 0.25) is 11.9 Å². The predicted molar refractivity (Wildman–Crippen MR) is 120 cm³/mol. The fourth-order valence-corrected chi connectivity index (χ4v) is 2.96. The van der Waals surface area contributed by atoms with Crippen molar-refractivity contribution in [1.82, 2.24) is 19.6 Å². The highest BCUT2D eigenvalue weighted by atomic mass is 16.2. The Balaban J connectivity index is 0.00000124. The molecule has 1 aromatic carbocycles. The molecule has 0 spiro atoms. The Bertz CT molecular complexity index is 1040. The molecular formula is C23H28N6O. The minimum absolute atomic E-state index is 0.0106. The van der Waals surface area contributed by atoms with Gasteiger partial charge in [-0.15, -0.1) is 5.10 Å². The summed E-state index contributed by atoms with van der Waals surface area (Å²) in [5.74, 6) is 0.416. The lowest BCUT2D eigenvalue weighted by Crippen LogP contribution is -2.14. The number of amides is 1. The van der Waals surface area contributed by atoms with Crippen LogP contribution in [0.1, 0.15) is 44.7 Å². The molecule has 0 unspecified atom stereocenters. The van der Waals surface area contributed by atoms with Gasteiger partial charge in [0.05, 0.1) is 12.3 Å². The molecule has 3 aromatic rings. The van der Waals surface area contributed by atoms with Crippen molar-refractivity contribution in [3.8, 4) is 0 Å². The van der Waals surface area contributed by atoms with Crippen LogP contribution >= 0.6 is 0 Å². The molecule has 2 heterocycles. The third-order valence-corrected chi connectivity index (χ3v) is 4.61. The van der Waals surface area contributed by atoms with Gasteiger partial charge in [-0.3, -0.25) is 15.1 Å². The third-order valence-electron chi connectivity index (χ3n) is 4.61. The maximum absolute atomic E-state index is 12.0. The second kappa shape index (κ2) is 9.82. The van der Waals surface area contributed by atoms with Crippen LogP contribution in [0.3, 0.4) is 0 Å². The lowest BCUT2D eigenvalue weighted by molar-refractivity contribution is -0.117. The van der Waals surface area contributed by atoms with Crippen molar-refractivity contribution in [2.24, 2.45) is 11.0 Å². The molecule has 0 atom stereocenters. The van der Waals surface area contributed by atoms with Gasteiger partial charge in [-0.1, -0.05) is 50.8 Å². The van der Waals surface area contributed by atoms with Crippen LogP contribution in [0.15, 0.2) is 66.5 Å². The number of hydrogen-bond acceptors (Lipinski definition) is 5. The molecule has 0 radical (unpaired) electrons. The van der Waals surface area contributed by atoms with Crippen LogP contribution in [0.5, 0.6) is 0 Å². The molecule has 1 N–H and O–H groups in total. The molecule has 156 valence electrons. The number of pyridine rings is 1. The molecule has 2 aromatic heterocycles. The maximum Gasteiger partial charge on any atom is 0.249 e. The average molecular weight is 405 g/mol. The molecule has 4 rings (SSSR count). The maximum atomic E-state index is 12.0. The average Bonchev–Trinajstić information content (AvgIpc) is 3.55. The molecular weight excluding hydrogens is 376 g/mol. The van der Waals surface area contributed by atoms with Gasteiger partial charge in [-0.25, -0.2) is 4.52 Å². The van der Waals surface area contributed by atoms with Crippen molar-refractivity contribution in [1.29, 1.82) is 0 Å². The Morgan fingerprint density at radius 3 is 2.67 bits per heavy atom. The summed E-state index contributed by atoms with van der Waals surface area (Å²) in [7, 11) is 0. The molecule has 7 nitrogen and oxygen atoms in total. The topological polar surface area (TPSA) is 74.9 Å². The first-order valence-corrected chi connectivity index (χ1v) is 10.3. The van der Waals surface area contributed by atoms with Gasteiger partial charge in [0, 0.05) is 23.9 Å². The highest BCUT2D eigenvalue weighted by molar-refractivity contribution is 6.03. The fourth-order valence-electron chi connectivity index (χ4n) is 2.96. The van der Waals surface area contributed by atoms with Crippen LogP contribution in [0.25, 0.3) is 5.65 Å². The lowest BCUT2D eigenvalue weighted by atomic mass is 10.2. The zero-order valence-electron chi connectivity index (χ0n) is 17.7. The van der Waals surface area contributed by atoms with Crippen LogP contribution in [0, 0.1) is 5.92 Å². The van der Waals surface area contributed by atoms with Crippen LogP contribution < -0.4 is 5.32 Å². The molecule has 1 saturated carbocycles. The fraction of sp³-hybridized carbons (Fsp3) is 0.304. The normalized spacial score (nSPS) is 13.4. The van der Waals surface area contributed by atoms with Crippen LogP contribution in [-0.2, 0) is 11.3 Å². The summed E-state index contributed by atoms with van der Waals surface area (Å²) >= 11 is 0. The first-order chi connectivity index (χ1) is 14.6. The van der Waals surface area contributed by atoms with Crippen molar-refractivity contribution < 1.29 is 4.79 Å². The number of rotatable bonds is 7. The molecule has 30 heavy (non-hydrogen) atoms. The predicted octanol–water partition coefficient (Wildman–Crippen LogP) is 4.47. The Kier molecular flexibility index (Phi) is 6.95. The Morgan fingerprint density at radius 1 is 1.27 bits per heavy atom. The Hall–Kier alpha value is -3.48. The van der Waals surface area contributed by atoms with Crippen molar-refractivity contribution in [3.63, 3.8) is 0 Å². The molecule has 0 bridgehead atoms. The summed E-state index contributed by atoms with van der Waals surface area (Å²) in [5.41, 5.74) is 3.43. The van der Waals surface area contributed by atoms with Crippen LogP contribution in [0.4, 0.5) is 5.95 Å². The minimum Gasteiger partial charge on any atom is -0.293 e. The van der Waals surface area contributed by atoms with E-state index in [2.05, 4.69) is 39.2 Å². The highest BCUT2D eigenvalue weighted by Crippen LogP contribution is 2.29. The molecule has 1 fully saturated rings. The first kappa shape index (κ1) is 21.2. The molecule has 0 saturated heterocycles. The van der Waals surface area contributed by atoms with E-state index in [1.54, 1.807) is 21.9 Å². The van der Waals surface area contributed by atoms with E-state index >= 15 is 0 Å². The van der Waals surface area contributed by atoms with E-state index < -0.39 is 0 Å². The number of nitrogens with one attached hydrogen (secondary N) is 1. The Labute approximate surface area is 177 Å². The van der Waals surface area contributed by atoms with Crippen molar-refractivity contribution in [2.45, 2.75) is 40.2 Å².